The van der Waals surface area contributed by atoms with Crippen molar-refractivity contribution in [3.05, 3.63) is 29.7 Å². The smallest absolute Gasteiger partial charge is 0.325 e. The summed E-state index contributed by atoms with van der Waals surface area (Å²) in [4.78, 5) is 29.9. The lowest BCUT2D eigenvalue weighted by atomic mass is 10.3. The average molecular weight is 338 g/mol. The van der Waals surface area contributed by atoms with Crippen molar-refractivity contribution in [3.8, 4) is 10.6 Å². The van der Waals surface area contributed by atoms with Gasteiger partial charge in [0.1, 0.15) is 23.5 Å². The first kappa shape index (κ1) is 17.2. The molecule has 1 amide bonds. The lowest BCUT2D eigenvalue weighted by Crippen LogP contribution is -2.38. The van der Waals surface area contributed by atoms with E-state index < -0.39 is 5.97 Å². The Bertz CT molecular complexity index is 638. The maximum absolute atomic E-state index is 12.6. The fourth-order valence-electron chi connectivity index (χ4n) is 1.87. The van der Waals surface area contributed by atoms with E-state index >= 15 is 0 Å². The number of nitrogens with zero attached hydrogens (tertiary/aromatic N) is 2. The zero-order chi connectivity index (χ0) is 16.7. The van der Waals surface area contributed by atoms with Gasteiger partial charge in [0.2, 0.25) is 0 Å². The molecule has 0 bridgehead atoms. The van der Waals surface area contributed by atoms with Gasteiger partial charge in [-0.15, -0.1) is 11.3 Å². The van der Waals surface area contributed by atoms with Crippen LogP contribution in [0.5, 0.6) is 0 Å². The van der Waals surface area contributed by atoms with Gasteiger partial charge in [0, 0.05) is 24.6 Å². The number of esters is 1. The molecule has 7 nitrogen and oxygen atoms in total. The maximum atomic E-state index is 12.6. The number of thiazole rings is 1. The summed E-state index contributed by atoms with van der Waals surface area (Å²) in [5, 5.41) is 2.35. The fourth-order valence-corrected chi connectivity index (χ4v) is 2.65. The van der Waals surface area contributed by atoms with Crippen molar-refractivity contribution in [2.24, 2.45) is 0 Å². The third kappa shape index (κ3) is 4.64. The number of rotatable bonds is 8. The van der Waals surface area contributed by atoms with E-state index in [1.165, 1.54) is 23.3 Å². The molecule has 0 saturated carbocycles. The number of hydrogen-bond acceptors (Lipinski definition) is 7. The molecule has 0 aliphatic rings. The van der Waals surface area contributed by atoms with Gasteiger partial charge in [-0.3, -0.25) is 9.59 Å². The first-order chi connectivity index (χ1) is 11.2. The molecule has 0 unspecified atom stereocenters. The molecule has 8 heteroatoms. The Morgan fingerprint density at radius 2 is 2.26 bits per heavy atom. The van der Waals surface area contributed by atoms with E-state index in [2.05, 4.69) is 4.98 Å². The highest BCUT2D eigenvalue weighted by Gasteiger charge is 2.22. The summed E-state index contributed by atoms with van der Waals surface area (Å²) in [5.74, 6) is -0.789. The molecule has 2 heterocycles. The number of amides is 1. The Labute approximate surface area is 137 Å². The molecule has 2 rings (SSSR count). The van der Waals surface area contributed by atoms with E-state index in [-0.39, 0.29) is 31.3 Å². The van der Waals surface area contributed by atoms with Crippen molar-refractivity contribution in [2.75, 3.05) is 33.4 Å². The standard InChI is InChI=1S/C15H18N2O5S/c1-3-22-13(18)8-17(5-7-20-2)15(19)12-10-23-14(16-12)11-4-6-21-9-11/h4,6,9-10H,3,5,7-8H2,1-2H3. The number of carbonyl (C=O) groups is 2. The normalized spacial score (nSPS) is 10.5. The van der Waals surface area contributed by atoms with Crippen LogP contribution >= 0.6 is 11.3 Å². The first-order valence-electron chi connectivity index (χ1n) is 7.07. The first-order valence-corrected chi connectivity index (χ1v) is 7.95. The number of carbonyl (C=O) groups excluding carboxylic acids is 2. The summed E-state index contributed by atoms with van der Waals surface area (Å²) in [6.07, 6.45) is 3.11. The van der Waals surface area contributed by atoms with Crippen molar-refractivity contribution < 1.29 is 23.5 Å². The zero-order valence-electron chi connectivity index (χ0n) is 13.0. The van der Waals surface area contributed by atoms with E-state index in [0.29, 0.717) is 11.6 Å². The molecule has 0 saturated heterocycles. The van der Waals surface area contributed by atoms with Gasteiger partial charge in [-0.2, -0.15) is 0 Å². The summed E-state index contributed by atoms with van der Waals surface area (Å²) in [7, 11) is 1.53. The van der Waals surface area contributed by atoms with Gasteiger partial charge in [-0.1, -0.05) is 0 Å². The minimum Gasteiger partial charge on any atom is -0.472 e. The maximum Gasteiger partial charge on any atom is 0.325 e. The van der Waals surface area contributed by atoms with Crippen LogP contribution in [-0.4, -0.2) is 55.2 Å². The lowest BCUT2D eigenvalue weighted by Gasteiger charge is -2.20. The zero-order valence-corrected chi connectivity index (χ0v) is 13.8. The molecular formula is C15H18N2O5S. The Balaban J connectivity index is 2.11. The Hall–Kier alpha value is -2.19. The molecule has 2 aromatic heterocycles. The number of hydrogen-bond donors (Lipinski definition) is 0. The summed E-state index contributed by atoms with van der Waals surface area (Å²) >= 11 is 1.34. The third-order valence-electron chi connectivity index (χ3n) is 2.97. The summed E-state index contributed by atoms with van der Waals surface area (Å²) in [6, 6.07) is 1.77. The number of furan rings is 1. The van der Waals surface area contributed by atoms with Gasteiger partial charge in [-0.25, -0.2) is 4.98 Å². The van der Waals surface area contributed by atoms with Crippen LogP contribution in [-0.2, 0) is 14.3 Å². The molecule has 0 aromatic carbocycles. The van der Waals surface area contributed by atoms with Crippen molar-refractivity contribution in [2.45, 2.75) is 6.92 Å². The van der Waals surface area contributed by atoms with Crippen molar-refractivity contribution in [1.29, 1.82) is 0 Å². The Kier molecular flexibility index (Phi) is 6.30. The molecule has 0 atom stereocenters. The minimum absolute atomic E-state index is 0.130. The number of ether oxygens (including phenoxy) is 2. The van der Waals surface area contributed by atoms with Crippen LogP contribution in [0.4, 0.5) is 0 Å². The second kappa shape index (κ2) is 8.44. The predicted octanol–water partition coefficient (Wildman–Crippen LogP) is 2.05. The van der Waals surface area contributed by atoms with Crippen LogP contribution in [0.2, 0.25) is 0 Å². The van der Waals surface area contributed by atoms with Gasteiger partial charge in [-0.05, 0) is 13.0 Å². The molecule has 0 N–H and O–H groups in total. The van der Waals surface area contributed by atoms with E-state index in [1.807, 2.05) is 0 Å². The van der Waals surface area contributed by atoms with Crippen molar-refractivity contribution in [3.63, 3.8) is 0 Å². The van der Waals surface area contributed by atoms with Crippen molar-refractivity contribution >= 4 is 23.2 Å². The monoisotopic (exact) mass is 338 g/mol. The van der Waals surface area contributed by atoms with Gasteiger partial charge >= 0.3 is 5.97 Å². The van der Waals surface area contributed by atoms with Gasteiger partial charge in [0.05, 0.1) is 19.5 Å². The Morgan fingerprint density at radius 1 is 1.43 bits per heavy atom. The molecule has 0 aliphatic carbocycles. The van der Waals surface area contributed by atoms with Crippen LogP contribution in [0.15, 0.2) is 28.4 Å². The SMILES string of the molecule is CCOC(=O)CN(CCOC)C(=O)c1csc(-c2ccoc2)n1. The highest BCUT2D eigenvalue weighted by molar-refractivity contribution is 7.13. The van der Waals surface area contributed by atoms with Crippen molar-refractivity contribution in [1.82, 2.24) is 9.88 Å². The van der Waals surface area contributed by atoms with E-state index in [4.69, 9.17) is 13.9 Å². The van der Waals surface area contributed by atoms with Crippen LogP contribution in [0.1, 0.15) is 17.4 Å². The second-order valence-electron chi connectivity index (χ2n) is 4.57. The molecule has 0 radical (unpaired) electrons. The molecule has 0 spiro atoms. The third-order valence-corrected chi connectivity index (χ3v) is 3.86. The quantitative estimate of drug-likeness (QED) is 0.685. The second-order valence-corrected chi connectivity index (χ2v) is 5.43. The topological polar surface area (TPSA) is 81.9 Å². The molecule has 124 valence electrons. The van der Waals surface area contributed by atoms with E-state index in [1.54, 1.807) is 30.9 Å². The highest BCUT2D eigenvalue weighted by Crippen LogP contribution is 2.24. The predicted molar refractivity (Wildman–Crippen MR) is 84.2 cm³/mol. The largest absolute Gasteiger partial charge is 0.472 e. The minimum atomic E-state index is -0.456. The number of aromatic nitrogens is 1. The fraction of sp³-hybridized carbons (Fsp3) is 0.400. The summed E-state index contributed by atoms with van der Waals surface area (Å²) in [5.41, 5.74) is 1.09. The summed E-state index contributed by atoms with van der Waals surface area (Å²) in [6.45, 7) is 2.47. The van der Waals surface area contributed by atoms with Gasteiger partial charge < -0.3 is 18.8 Å². The van der Waals surface area contributed by atoms with Crippen LogP contribution < -0.4 is 0 Å². The molecular weight excluding hydrogens is 320 g/mol. The van der Waals surface area contributed by atoms with Crippen LogP contribution in [0, 0.1) is 0 Å². The average Bonchev–Trinajstić information content (AvgIpc) is 3.21. The lowest BCUT2D eigenvalue weighted by molar-refractivity contribution is -0.143. The molecule has 0 aliphatic heterocycles. The molecule has 23 heavy (non-hydrogen) atoms. The van der Waals surface area contributed by atoms with Gasteiger partial charge in [0.25, 0.3) is 5.91 Å². The van der Waals surface area contributed by atoms with E-state index in [9.17, 15) is 9.59 Å². The van der Waals surface area contributed by atoms with Crippen LogP contribution in [0.3, 0.4) is 0 Å². The van der Waals surface area contributed by atoms with Gasteiger partial charge in [0.15, 0.2) is 0 Å². The Morgan fingerprint density at radius 3 is 2.91 bits per heavy atom. The summed E-state index contributed by atoms with van der Waals surface area (Å²) < 4.78 is 14.9. The molecule has 2 aromatic rings. The number of methoxy groups -OCH3 is 1. The van der Waals surface area contributed by atoms with E-state index in [0.717, 1.165) is 5.56 Å². The van der Waals surface area contributed by atoms with Crippen LogP contribution in [0.25, 0.3) is 10.6 Å². The highest BCUT2D eigenvalue weighted by atomic mass is 32.1. The molecule has 0 fully saturated rings.